The Bertz CT molecular complexity index is 523. The van der Waals surface area contributed by atoms with Crippen LogP contribution in [0.3, 0.4) is 0 Å². The third-order valence-corrected chi connectivity index (χ3v) is 4.42. The zero-order valence-corrected chi connectivity index (χ0v) is 17.4. The van der Waals surface area contributed by atoms with Crippen LogP contribution in [-0.2, 0) is 4.79 Å². The lowest BCUT2D eigenvalue weighted by Gasteiger charge is -2.15. The molecule has 2 rings (SSSR count). The van der Waals surface area contributed by atoms with E-state index in [1.54, 1.807) is 0 Å². The number of aliphatic imine (C=N–C) groups is 1. The van der Waals surface area contributed by atoms with Crippen LogP contribution in [0.2, 0.25) is 0 Å². The molecule has 1 aliphatic carbocycles. The van der Waals surface area contributed by atoms with E-state index in [0.29, 0.717) is 17.3 Å². The summed E-state index contributed by atoms with van der Waals surface area (Å²) < 4.78 is 0. The highest BCUT2D eigenvalue weighted by atomic mass is 127. The molecule has 5 nitrogen and oxygen atoms in total. The molecule has 1 aliphatic rings. The predicted octanol–water partition coefficient (Wildman–Crippen LogP) is 2.62. The van der Waals surface area contributed by atoms with Gasteiger partial charge in [-0.15, -0.1) is 35.7 Å². The van der Waals surface area contributed by atoms with Crippen molar-refractivity contribution in [3.05, 3.63) is 30.3 Å². The maximum atomic E-state index is 11.7. The molecule has 1 saturated carbocycles. The van der Waals surface area contributed by atoms with E-state index in [4.69, 9.17) is 0 Å². The van der Waals surface area contributed by atoms with E-state index >= 15 is 0 Å². The van der Waals surface area contributed by atoms with Crippen LogP contribution in [0.25, 0.3) is 0 Å². The standard InChI is InChI=1S/C17H26N4OS.HI/c1-3-18-17(20-12-16(22)21-14-9-10-14)19-11-13(2)23-15-7-5-4-6-8-15;/h4-8,13-14H,3,9-12H2,1-2H3,(H,21,22)(H2,18,19,20);1H. The highest BCUT2D eigenvalue weighted by Crippen LogP contribution is 2.21. The van der Waals surface area contributed by atoms with Gasteiger partial charge in [0.2, 0.25) is 5.91 Å². The molecule has 0 saturated heterocycles. The van der Waals surface area contributed by atoms with Crippen LogP contribution in [0.15, 0.2) is 40.2 Å². The summed E-state index contributed by atoms with van der Waals surface area (Å²) in [5, 5.41) is 9.83. The summed E-state index contributed by atoms with van der Waals surface area (Å²) in [6, 6.07) is 10.7. The monoisotopic (exact) mass is 462 g/mol. The second-order valence-corrected chi connectivity index (χ2v) is 7.17. The van der Waals surface area contributed by atoms with E-state index in [0.717, 1.165) is 25.9 Å². The molecule has 1 atom stereocenters. The Morgan fingerprint density at radius 1 is 1.29 bits per heavy atom. The number of carbonyl (C=O) groups is 1. The van der Waals surface area contributed by atoms with Gasteiger partial charge in [-0.05, 0) is 31.9 Å². The fraction of sp³-hybridized carbons (Fsp3) is 0.529. The van der Waals surface area contributed by atoms with Crippen molar-refractivity contribution in [2.45, 2.75) is 42.9 Å². The topological polar surface area (TPSA) is 65.5 Å². The van der Waals surface area contributed by atoms with E-state index < -0.39 is 0 Å². The average molecular weight is 462 g/mol. The lowest BCUT2D eigenvalue weighted by atomic mass is 10.4. The SMILES string of the molecule is CCNC(=NCC(=O)NC1CC1)NCC(C)Sc1ccccc1.I. The van der Waals surface area contributed by atoms with Crippen molar-refractivity contribution in [2.75, 3.05) is 19.6 Å². The highest BCUT2D eigenvalue weighted by molar-refractivity contribution is 14.0. The first-order chi connectivity index (χ1) is 11.2. The van der Waals surface area contributed by atoms with Crippen LogP contribution in [0.1, 0.15) is 26.7 Å². The molecule has 0 spiro atoms. The van der Waals surface area contributed by atoms with Crippen molar-refractivity contribution in [2.24, 2.45) is 4.99 Å². The Kier molecular flexibility index (Phi) is 10.2. The Balaban J connectivity index is 0.00000288. The van der Waals surface area contributed by atoms with Gasteiger partial charge in [0.05, 0.1) is 0 Å². The molecule has 1 aromatic rings. The van der Waals surface area contributed by atoms with Gasteiger partial charge in [-0.3, -0.25) is 4.79 Å². The maximum absolute atomic E-state index is 11.7. The zero-order chi connectivity index (χ0) is 16.5. The van der Waals surface area contributed by atoms with Gasteiger partial charge in [0.15, 0.2) is 5.96 Å². The second kappa shape index (κ2) is 11.6. The molecule has 0 aromatic heterocycles. The van der Waals surface area contributed by atoms with E-state index in [1.165, 1.54) is 4.90 Å². The molecule has 1 aromatic carbocycles. The third-order valence-electron chi connectivity index (χ3n) is 3.30. The molecule has 7 heteroatoms. The average Bonchev–Trinajstić information content (AvgIpc) is 3.35. The number of benzene rings is 1. The normalized spacial score (nSPS) is 15.2. The molecule has 0 aliphatic heterocycles. The molecule has 3 N–H and O–H groups in total. The minimum absolute atomic E-state index is 0. The van der Waals surface area contributed by atoms with Gasteiger partial charge < -0.3 is 16.0 Å². The van der Waals surface area contributed by atoms with Crippen molar-refractivity contribution < 1.29 is 4.79 Å². The number of halogens is 1. The number of hydrogen-bond acceptors (Lipinski definition) is 3. The summed E-state index contributed by atoms with van der Waals surface area (Å²) in [4.78, 5) is 17.3. The van der Waals surface area contributed by atoms with Gasteiger partial charge >= 0.3 is 0 Å². The minimum Gasteiger partial charge on any atom is -0.357 e. The first-order valence-electron chi connectivity index (χ1n) is 8.20. The maximum Gasteiger partial charge on any atom is 0.242 e. The van der Waals surface area contributed by atoms with Gasteiger partial charge in [-0.2, -0.15) is 0 Å². The van der Waals surface area contributed by atoms with Crippen LogP contribution in [0, 0.1) is 0 Å². The van der Waals surface area contributed by atoms with Crippen molar-refractivity contribution in [1.29, 1.82) is 0 Å². The van der Waals surface area contributed by atoms with Gasteiger partial charge in [-0.25, -0.2) is 4.99 Å². The number of nitrogens with one attached hydrogen (secondary N) is 3. The van der Waals surface area contributed by atoms with Crippen molar-refractivity contribution >= 4 is 47.6 Å². The van der Waals surface area contributed by atoms with Gasteiger partial charge in [0, 0.05) is 29.3 Å². The smallest absolute Gasteiger partial charge is 0.242 e. The predicted molar refractivity (Wildman–Crippen MR) is 112 cm³/mol. The highest BCUT2D eigenvalue weighted by Gasteiger charge is 2.22. The summed E-state index contributed by atoms with van der Waals surface area (Å²) in [6.07, 6.45) is 2.20. The molecule has 0 bridgehead atoms. The summed E-state index contributed by atoms with van der Waals surface area (Å²) >= 11 is 1.82. The fourth-order valence-corrected chi connectivity index (χ4v) is 2.95. The second-order valence-electron chi connectivity index (χ2n) is 5.66. The van der Waals surface area contributed by atoms with Crippen molar-refractivity contribution in [3.8, 4) is 0 Å². The third kappa shape index (κ3) is 8.77. The van der Waals surface area contributed by atoms with Gasteiger partial charge in [0.25, 0.3) is 0 Å². The first kappa shape index (κ1) is 21.1. The number of amides is 1. The number of rotatable bonds is 8. The Morgan fingerprint density at radius 2 is 2.00 bits per heavy atom. The number of thioether (sulfide) groups is 1. The summed E-state index contributed by atoms with van der Waals surface area (Å²) in [5.74, 6) is 0.690. The van der Waals surface area contributed by atoms with Crippen molar-refractivity contribution in [1.82, 2.24) is 16.0 Å². The first-order valence-corrected chi connectivity index (χ1v) is 9.08. The molecule has 134 valence electrons. The lowest BCUT2D eigenvalue weighted by molar-refractivity contribution is -0.119. The molecule has 0 radical (unpaired) electrons. The quantitative estimate of drug-likeness (QED) is 0.241. The molecule has 0 heterocycles. The minimum atomic E-state index is -0.00332. The van der Waals surface area contributed by atoms with Crippen LogP contribution >= 0.6 is 35.7 Å². The van der Waals surface area contributed by atoms with E-state index in [-0.39, 0.29) is 36.4 Å². The van der Waals surface area contributed by atoms with Crippen molar-refractivity contribution in [3.63, 3.8) is 0 Å². The van der Waals surface area contributed by atoms with Crippen LogP contribution in [0.4, 0.5) is 0 Å². The number of hydrogen-bond donors (Lipinski definition) is 3. The summed E-state index contributed by atoms with van der Waals surface area (Å²) in [5.41, 5.74) is 0. The molecule has 1 unspecified atom stereocenters. The Labute approximate surface area is 165 Å². The Hall–Kier alpha value is -0.960. The largest absolute Gasteiger partial charge is 0.357 e. The lowest BCUT2D eigenvalue weighted by Crippen LogP contribution is -2.41. The molecule has 1 fully saturated rings. The molecule has 1 amide bonds. The summed E-state index contributed by atoms with van der Waals surface area (Å²) in [7, 11) is 0. The Morgan fingerprint density at radius 3 is 2.62 bits per heavy atom. The van der Waals surface area contributed by atoms with Crippen LogP contribution in [-0.4, -0.2) is 42.8 Å². The van der Waals surface area contributed by atoms with Gasteiger partial charge in [-0.1, -0.05) is 25.1 Å². The van der Waals surface area contributed by atoms with Crippen LogP contribution < -0.4 is 16.0 Å². The molecular formula is C17H27IN4OS. The van der Waals surface area contributed by atoms with E-state index in [9.17, 15) is 4.79 Å². The molecule has 24 heavy (non-hydrogen) atoms. The number of guanidine groups is 1. The van der Waals surface area contributed by atoms with E-state index in [1.807, 2.05) is 36.9 Å². The van der Waals surface area contributed by atoms with Gasteiger partial charge in [0.1, 0.15) is 6.54 Å². The van der Waals surface area contributed by atoms with Crippen LogP contribution in [0.5, 0.6) is 0 Å². The fourth-order valence-electron chi connectivity index (χ4n) is 2.01. The number of carbonyl (C=O) groups excluding carboxylic acids is 1. The number of nitrogens with zero attached hydrogens (tertiary/aromatic N) is 1. The zero-order valence-electron chi connectivity index (χ0n) is 14.2. The summed E-state index contributed by atoms with van der Waals surface area (Å²) in [6.45, 7) is 5.93. The molecular weight excluding hydrogens is 435 g/mol. The van der Waals surface area contributed by atoms with E-state index in [2.05, 4.69) is 40.0 Å².